The van der Waals surface area contributed by atoms with Gasteiger partial charge in [0.1, 0.15) is 11.4 Å². The van der Waals surface area contributed by atoms with Crippen LogP contribution in [0.1, 0.15) is 41.7 Å². The number of fused-ring (bicyclic) bond motifs is 2. The molecule has 1 aliphatic heterocycles. The Morgan fingerprint density at radius 3 is 2.42 bits per heavy atom. The summed E-state index contributed by atoms with van der Waals surface area (Å²) in [6.07, 6.45) is -0.454. The molecule has 1 spiro atoms. The molecule has 1 aliphatic carbocycles. The van der Waals surface area contributed by atoms with Crippen molar-refractivity contribution in [1.29, 1.82) is 0 Å². The van der Waals surface area contributed by atoms with Gasteiger partial charge in [0.15, 0.2) is 0 Å². The zero-order valence-electron chi connectivity index (χ0n) is 10.5. The minimum Gasteiger partial charge on any atom is -0.327 e. The third kappa shape index (κ3) is 1.69. The van der Waals surface area contributed by atoms with Gasteiger partial charge >= 0.3 is 0 Å². The summed E-state index contributed by atoms with van der Waals surface area (Å²) in [5.41, 5.74) is -0.462. The van der Waals surface area contributed by atoms with Gasteiger partial charge in [-0.15, -0.1) is 0 Å². The number of aromatic nitrogens is 1. The Labute approximate surface area is 108 Å². The second kappa shape index (κ2) is 3.65. The highest BCUT2D eigenvalue weighted by Gasteiger charge is 2.50. The monoisotopic (exact) mass is 268 g/mol. The number of rotatable bonds is 0. The minimum atomic E-state index is -2.70. The van der Waals surface area contributed by atoms with E-state index >= 15 is 0 Å². The Morgan fingerprint density at radius 2 is 1.79 bits per heavy atom. The summed E-state index contributed by atoms with van der Waals surface area (Å²) in [4.78, 5) is 24.1. The Balaban J connectivity index is 2.12. The molecule has 3 rings (SSSR count). The van der Waals surface area contributed by atoms with Crippen molar-refractivity contribution < 1.29 is 13.6 Å². The number of halogens is 2. The first-order valence-electron chi connectivity index (χ1n) is 6.28. The van der Waals surface area contributed by atoms with E-state index in [1.54, 1.807) is 19.1 Å². The summed E-state index contributed by atoms with van der Waals surface area (Å²) in [7, 11) is 0. The first-order chi connectivity index (χ1) is 8.85. The molecule has 1 fully saturated rings. The summed E-state index contributed by atoms with van der Waals surface area (Å²) in [6, 6.07) is 3.16. The fourth-order valence-electron chi connectivity index (χ4n) is 2.95. The van der Waals surface area contributed by atoms with Crippen LogP contribution < -0.4 is 10.9 Å². The summed E-state index contributed by atoms with van der Waals surface area (Å²) < 4.78 is 28.0. The first kappa shape index (κ1) is 12.3. The van der Waals surface area contributed by atoms with Crippen LogP contribution in [0.4, 0.5) is 8.78 Å². The van der Waals surface area contributed by atoms with Crippen LogP contribution >= 0.6 is 0 Å². The molecule has 0 radical (unpaired) electrons. The first-order valence-corrected chi connectivity index (χ1v) is 6.28. The number of nitrogens with one attached hydrogen (secondary N) is 1. The normalized spacial score (nSPS) is 23.2. The van der Waals surface area contributed by atoms with E-state index in [9.17, 15) is 18.4 Å². The maximum Gasteiger partial charge on any atom is 0.269 e. The van der Waals surface area contributed by atoms with Crippen LogP contribution in [0, 0.1) is 6.92 Å². The number of amides is 1. The van der Waals surface area contributed by atoms with Gasteiger partial charge in [-0.05, 0) is 25.8 Å². The van der Waals surface area contributed by atoms with Crippen LogP contribution in [0.5, 0.6) is 0 Å². The number of pyridine rings is 1. The zero-order valence-corrected chi connectivity index (χ0v) is 10.5. The third-order valence-electron chi connectivity index (χ3n) is 4.09. The number of alkyl halides is 2. The van der Waals surface area contributed by atoms with Crippen LogP contribution in [-0.2, 0) is 5.66 Å². The van der Waals surface area contributed by atoms with Gasteiger partial charge in [0, 0.05) is 18.4 Å². The minimum absolute atomic E-state index is 0.0854. The van der Waals surface area contributed by atoms with E-state index in [2.05, 4.69) is 5.32 Å². The molecule has 1 N–H and O–H groups in total. The maximum atomic E-state index is 13.3. The third-order valence-corrected chi connectivity index (χ3v) is 4.09. The van der Waals surface area contributed by atoms with Gasteiger partial charge in [0.05, 0.1) is 0 Å². The lowest BCUT2D eigenvalue weighted by atomic mass is 9.86. The molecule has 1 saturated carbocycles. The molecule has 0 unspecified atom stereocenters. The highest BCUT2D eigenvalue weighted by atomic mass is 19.3. The quantitative estimate of drug-likeness (QED) is 0.779. The highest BCUT2D eigenvalue weighted by Crippen LogP contribution is 2.42. The van der Waals surface area contributed by atoms with E-state index in [-0.39, 0.29) is 42.8 Å². The summed E-state index contributed by atoms with van der Waals surface area (Å²) in [5.74, 6) is -3.06. The van der Waals surface area contributed by atoms with Crippen molar-refractivity contribution in [1.82, 2.24) is 9.88 Å². The molecule has 2 heterocycles. The van der Waals surface area contributed by atoms with Gasteiger partial charge in [0.2, 0.25) is 5.92 Å². The lowest BCUT2D eigenvalue weighted by Crippen LogP contribution is -2.51. The fourth-order valence-corrected chi connectivity index (χ4v) is 2.95. The Morgan fingerprint density at radius 1 is 1.16 bits per heavy atom. The maximum absolute atomic E-state index is 13.3. The van der Waals surface area contributed by atoms with Crippen LogP contribution in [-0.4, -0.2) is 16.4 Å². The van der Waals surface area contributed by atoms with Crippen molar-refractivity contribution in [2.75, 3.05) is 0 Å². The summed E-state index contributed by atoms with van der Waals surface area (Å²) in [6.45, 7) is 1.66. The molecule has 6 heteroatoms. The molecule has 1 amide bonds. The zero-order chi connectivity index (χ0) is 13.8. The molecule has 0 aromatic carbocycles. The van der Waals surface area contributed by atoms with E-state index in [1.807, 2.05) is 0 Å². The molecule has 0 bridgehead atoms. The Kier molecular flexibility index (Phi) is 2.37. The van der Waals surface area contributed by atoms with Crippen LogP contribution in [0.3, 0.4) is 0 Å². The second-order valence-electron chi connectivity index (χ2n) is 5.38. The Bertz CT molecular complexity index is 612. The van der Waals surface area contributed by atoms with Crippen LogP contribution in [0.2, 0.25) is 0 Å². The predicted molar refractivity (Wildman–Crippen MR) is 64.3 cm³/mol. The van der Waals surface area contributed by atoms with Crippen molar-refractivity contribution in [3.8, 4) is 0 Å². The van der Waals surface area contributed by atoms with Crippen molar-refractivity contribution in [2.45, 2.75) is 44.2 Å². The van der Waals surface area contributed by atoms with E-state index in [1.165, 1.54) is 4.57 Å². The van der Waals surface area contributed by atoms with E-state index in [0.29, 0.717) is 5.56 Å². The highest BCUT2D eigenvalue weighted by molar-refractivity contribution is 5.95. The number of aryl methyl sites for hydroxylation is 1. The average molecular weight is 268 g/mol. The van der Waals surface area contributed by atoms with E-state index < -0.39 is 11.6 Å². The van der Waals surface area contributed by atoms with E-state index in [4.69, 9.17) is 0 Å². The molecule has 4 nitrogen and oxygen atoms in total. The van der Waals surface area contributed by atoms with Gasteiger partial charge < -0.3 is 5.32 Å². The largest absolute Gasteiger partial charge is 0.327 e. The second-order valence-corrected chi connectivity index (χ2v) is 5.38. The SMILES string of the molecule is Cc1ccc2n(c1=O)C1(CCC(F)(F)CC1)NC2=O. The lowest BCUT2D eigenvalue weighted by Gasteiger charge is -2.38. The van der Waals surface area contributed by atoms with Crippen molar-refractivity contribution >= 4 is 5.91 Å². The van der Waals surface area contributed by atoms with Gasteiger partial charge in [-0.25, -0.2) is 8.78 Å². The smallest absolute Gasteiger partial charge is 0.269 e. The fraction of sp³-hybridized carbons (Fsp3) is 0.538. The average Bonchev–Trinajstić information content (AvgIpc) is 2.62. The van der Waals surface area contributed by atoms with E-state index in [0.717, 1.165) is 0 Å². The van der Waals surface area contributed by atoms with Gasteiger partial charge in [0.25, 0.3) is 11.5 Å². The Hall–Kier alpha value is -1.72. The molecule has 0 atom stereocenters. The lowest BCUT2D eigenvalue weighted by molar-refractivity contribution is -0.0668. The number of nitrogens with zero attached hydrogens (tertiary/aromatic N) is 1. The molecule has 102 valence electrons. The number of hydrogen-bond donors (Lipinski definition) is 1. The van der Waals surface area contributed by atoms with Gasteiger partial charge in [-0.1, -0.05) is 6.07 Å². The predicted octanol–water partition coefficient (Wildman–Crippen LogP) is 1.76. The van der Waals surface area contributed by atoms with Gasteiger partial charge in [-0.2, -0.15) is 0 Å². The summed E-state index contributed by atoms with van der Waals surface area (Å²) in [5, 5.41) is 2.73. The number of hydrogen-bond acceptors (Lipinski definition) is 2. The molecule has 2 aliphatic rings. The van der Waals surface area contributed by atoms with Gasteiger partial charge in [-0.3, -0.25) is 14.2 Å². The summed E-state index contributed by atoms with van der Waals surface area (Å²) >= 11 is 0. The van der Waals surface area contributed by atoms with Crippen molar-refractivity contribution in [2.24, 2.45) is 0 Å². The molecular formula is C13H14F2N2O2. The van der Waals surface area contributed by atoms with Crippen molar-refractivity contribution in [3.63, 3.8) is 0 Å². The molecule has 0 saturated heterocycles. The standard InChI is InChI=1S/C13H14F2N2O2/c1-8-2-3-9-10(18)16-13(17(9)11(8)19)6-4-12(14,15)5-7-13/h2-3H,4-7H2,1H3,(H,16,18). The topological polar surface area (TPSA) is 51.1 Å². The number of carbonyl (C=O) groups is 1. The molecule has 1 aromatic rings. The molecular weight excluding hydrogens is 254 g/mol. The molecule has 19 heavy (non-hydrogen) atoms. The van der Waals surface area contributed by atoms with Crippen LogP contribution in [0.15, 0.2) is 16.9 Å². The number of carbonyl (C=O) groups excluding carboxylic acids is 1. The van der Waals surface area contributed by atoms with Crippen LogP contribution in [0.25, 0.3) is 0 Å². The molecule has 1 aromatic heterocycles. The van der Waals surface area contributed by atoms with Crippen molar-refractivity contribution in [3.05, 3.63) is 33.7 Å².